The number of para-hydroxylation sites is 1. The fourth-order valence-corrected chi connectivity index (χ4v) is 1.77. The first-order valence-corrected chi connectivity index (χ1v) is 5.91. The van der Waals surface area contributed by atoms with E-state index in [4.69, 9.17) is 4.74 Å². The lowest BCUT2D eigenvalue weighted by molar-refractivity contribution is 0.161. The molecule has 3 N–H and O–H groups in total. The number of phenols is 2. The minimum atomic E-state index is -0.0805. The predicted octanol–water partition coefficient (Wildman–Crippen LogP) is 2.00. The van der Waals surface area contributed by atoms with Gasteiger partial charge in [-0.1, -0.05) is 25.5 Å². The van der Waals surface area contributed by atoms with Crippen LogP contribution in [0.3, 0.4) is 0 Å². The molecule has 1 unspecified atom stereocenters. The maximum atomic E-state index is 9.65. The molecule has 4 heteroatoms. The molecule has 0 fully saturated rings. The van der Waals surface area contributed by atoms with Gasteiger partial charge in [-0.3, -0.25) is 0 Å². The van der Waals surface area contributed by atoms with Gasteiger partial charge in [0.2, 0.25) is 0 Å². The van der Waals surface area contributed by atoms with E-state index in [0.29, 0.717) is 18.7 Å². The Kier molecular flexibility index (Phi) is 5.80. The molecule has 0 aliphatic carbocycles. The number of rotatable bonds is 7. The number of phenolic OH excluding ortho intramolecular Hbond substituents is 2. The summed E-state index contributed by atoms with van der Waals surface area (Å²) in [7, 11) is 1.68. The van der Waals surface area contributed by atoms with E-state index in [0.717, 1.165) is 12.8 Å². The average Bonchev–Trinajstić information content (AvgIpc) is 2.31. The Balaban J connectivity index is 2.55. The quantitative estimate of drug-likeness (QED) is 0.637. The summed E-state index contributed by atoms with van der Waals surface area (Å²) < 4.78 is 5.12. The van der Waals surface area contributed by atoms with E-state index < -0.39 is 0 Å². The molecule has 17 heavy (non-hydrogen) atoms. The van der Waals surface area contributed by atoms with Crippen molar-refractivity contribution in [2.75, 3.05) is 13.7 Å². The van der Waals surface area contributed by atoms with Gasteiger partial charge in [0.15, 0.2) is 11.5 Å². The fourth-order valence-electron chi connectivity index (χ4n) is 1.77. The molecule has 0 bridgehead atoms. The van der Waals surface area contributed by atoms with Gasteiger partial charge in [0.25, 0.3) is 0 Å². The molecule has 1 aromatic carbocycles. The van der Waals surface area contributed by atoms with Gasteiger partial charge < -0.3 is 20.3 Å². The summed E-state index contributed by atoms with van der Waals surface area (Å²) in [6.45, 7) is 3.29. The average molecular weight is 239 g/mol. The molecule has 0 aliphatic heterocycles. The first-order chi connectivity index (χ1) is 8.19. The maximum absolute atomic E-state index is 9.65. The lowest BCUT2D eigenvalue weighted by atomic mass is 10.1. The van der Waals surface area contributed by atoms with Gasteiger partial charge >= 0.3 is 0 Å². The lowest BCUT2D eigenvalue weighted by Gasteiger charge is -2.17. The Morgan fingerprint density at radius 1 is 1.35 bits per heavy atom. The van der Waals surface area contributed by atoms with Gasteiger partial charge in [-0.05, 0) is 12.5 Å². The predicted molar refractivity (Wildman–Crippen MR) is 67.2 cm³/mol. The van der Waals surface area contributed by atoms with Crippen molar-refractivity contribution in [1.82, 2.24) is 5.32 Å². The summed E-state index contributed by atoms with van der Waals surface area (Å²) in [5.74, 6) is -0.129. The van der Waals surface area contributed by atoms with Crippen LogP contribution in [-0.4, -0.2) is 30.0 Å². The van der Waals surface area contributed by atoms with Gasteiger partial charge in [0.05, 0.1) is 6.61 Å². The van der Waals surface area contributed by atoms with Gasteiger partial charge in [0.1, 0.15) is 0 Å². The monoisotopic (exact) mass is 239 g/mol. The first-order valence-electron chi connectivity index (χ1n) is 5.91. The SMILES string of the molecule is CCCC(COC)NCc1cccc(O)c1O. The van der Waals surface area contributed by atoms with Gasteiger partial charge in [-0.2, -0.15) is 0 Å². The van der Waals surface area contributed by atoms with Crippen molar-refractivity contribution in [2.45, 2.75) is 32.4 Å². The molecule has 0 aliphatic rings. The van der Waals surface area contributed by atoms with Crippen LogP contribution in [-0.2, 0) is 11.3 Å². The molecule has 96 valence electrons. The third kappa shape index (κ3) is 4.24. The third-order valence-electron chi connectivity index (χ3n) is 2.68. The van der Waals surface area contributed by atoms with Crippen LogP contribution in [0.15, 0.2) is 18.2 Å². The van der Waals surface area contributed by atoms with Crippen molar-refractivity contribution in [1.29, 1.82) is 0 Å². The highest BCUT2D eigenvalue weighted by molar-refractivity contribution is 5.44. The lowest BCUT2D eigenvalue weighted by Crippen LogP contribution is -2.32. The zero-order valence-electron chi connectivity index (χ0n) is 10.4. The summed E-state index contributed by atoms with van der Waals surface area (Å²) in [6.07, 6.45) is 2.10. The molecular weight excluding hydrogens is 218 g/mol. The molecule has 1 aromatic rings. The van der Waals surface area contributed by atoms with E-state index in [9.17, 15) is 10.2 Å². The Labute approximate surface area is 102 Å². The molecular formula is C13H21NO3. The second-order valence-electron chi connectivity index (χ2n) is 4.11. The minimum Gasteiger partial charge on any atom is -0.504 e. The van der Waals surface area contributed by atoms with Crippen LogP contribution in [0.1, 0.15) is 25.3 Å². The molecule has 0 spiro atoms. The van der Waals surface area contributed by atoms with Crippen molar-refractivity contribution < 1.29 is 14.9 Å². The Hall–Kier alpha value is -1.26. The summed E-state index contributed by atoms with van der Waals surface area (Å²) >= 11 is 0. The third-order valence-corrected chi connectivity index (χ3v) is 2.68. The Morgan fingerprint density at radius 2 is 2.12 bits per heavy atom. The van der Waals surface area contributed by atoms with Crippen LogP contribution < -0.4 is 5.32 Å². The van der Waals surface area contributed by atoms with E-state index in [2.05, 4.69) is 12.2 Å². The molecule has 4 nitrogen and oxygen atoms in total. The van der Waals surface area contributed by atoms with Crippen LogP contribution in [0, 0.1) is 0 Å². The van der Waals surface area contributed by atoms with E-state index in [1.54, 1.807) is 19.2 Å². The summed E-state index contributed by atoms with van der Waals surface area (Å²) in [5.41, 5.74) is 0.696. The van der Waals surface area contributed by atoms with Crippen LogP contribution in [0.5, 0.6) is 11.5 Å². The van der Waals surface area contributed by atoms with E-state index >= 15 is 0 Å². The topological polar surface area (TPSA) is 61.7 Å². The van der Waals surface area contributed by atoms with Crippen LogP contribution in [0.4, 0.5) is 0 Å². The molecule has 0 radical (unpaired) electrons. The molecule has 0 saturated carbocycles. The molecule has 0 aromatic heterocycles. The second kappa shape index (κ2) is 7.14. The largest absolute Gasteiger partial charge is 0.504 e. The van der Waals surface area contributed by atoms with Crippen molar-refractivity contribution in [2.24, 2.45) is 0 Å². The maximum Gasteiger partial charge on any atom is 0.161 e. The molecule has 0 amide bonds. The fraction of sp³-hybridized carbons (Fsp3) is 0.538. The van der Waals surface area contributed by atoms with Crippen molar-refractivity contribution in [3.05, 3.63) is 23.8 Å². The number of nitrogens with one attached hydrogen (secondary N) is 1. The van der Waals surface area contributed by atoms with Gasteiger partial charge in [0, 0.05) is 25.3 Å². The van der Waals surface area contributed by atoms with Crippen molar-refractivity contribution in [3.63, 3.8) is 0 Å². The molecule has 0 heterocycles. The number of aromatic hydroxyl groups is 2. The highest BCUT2D eigenvalue weighted by Crippen LogP contribution is 2.27. The standard InChI is InChI=1S/C13H21NO3/c1-3-5-11(9-17-2)14-8-10-6-4-7-12(15)13(10)16/h4,6-7,11,14-16H,3,5,8-9H2,1-2H3. The summed E-state index contributed by atoms with van der Waals surface area (Å²) in [6, 6.07) is 5.25. The second-order valence-corrected chi connectivity index (χ2v) is 4.11. The molecule has 1 atom stereocenters. The number of hydrogen-bond acceptors (Lipinski definition) is 4. The van der Waals surface area contributed by atoms with E-state index in [-0.39, 0.29) is 17.5 Å². The highest BCUT2D eigenvalue weighted by Gasteiger charge is 2.09. The zero-order chi connectivity index (χ0) is 12.7. The summed E-state index contributed by atoms with van der Waals surface area (Å²) in [5, 5.41) is 22.3. The first kappa shape index (κ1) is 13.8. The van der Waals surface area contributed by atoms with Crippen molar-refractivity contribution in [3.8, 4) is 11.5 Å². The normalized spacial score (nSPS) is 12.6. The number of benzene rings is 1. The zero-order valence-corrected chi connectivity index (χ0v) is 10.4. The van der Waals surface area contributed by atoms with Crippen LogP contribution in [0.2, 0.25) is 0 Å². The molecule has 0 saturated heterocycles. The summed E-state index contributed by atoms with van der Waals surface area (Å²) in [4.78, 5) is 0. The van der Waals surface area contributed by atoms with E-state index in [1.165, 1.54) is 6.07 Å². The highest BCUT2D eigenvalue weighted by atomic mass is 16.5. The number of ether oxygens (including phenoxy) is 1. The van der Waals surface area contributed by atoms with Gasteiger partial charge in [-0.15, -0.1) is 0 Å². The van der Waals surface area contributed by atoms with Gasteiger partial charge in [-0.25, -0.2) is 0 Å². The van der Waals surface area contributed by atoms with Crippen LogP contribution >= 0.6 is 0 Å². The molecule has 1 rings (SSSR count). The smallest absolute Gasteiger partial charge is 0.161 e. The Bertz CT molecular complexity index is 335. The minimum absolute atomic E-state index is 0.0485. The Morgan fingerprint density at radius 3 is 2.76 bits per heavy atom. The number of methoxy groups -OCH3 is 1. The number of hydrogen-bond donors (Lipinski definition) is 3. The van der Waals surface area contributed by atoms with Crippen molar-refractivity contribution >= 4 is 0 Å². The van der Waals surface area contributed by atoms with E-state index in [1.807, 2.05) is 0 Å². The van der Waals surface area contributed by atoms with Crippen LogP contribution in [0.25, 0.3) is 0 Å².